The molecule has 1 heterocycles. The summed E-state index contributed by atoms with van der Waals surface area (Å²) >= 11 is 0. The first-order chi connectivity index (χ1) is 9.99. The molecule has 0 radical (unpaired) electrons. The molecule has 1 aromatic carbocycles. The van der Waals surface area contributed by atoms with Gasteiger partial charge < -0.3 is 5.73 Å². The van der Waals surface area contributed by atoms with Crippen LogP contribution in [0.5, 0.6) is 0 Å². The van der Waals surface area contributed by atoms with Crippen molar-refractivity contribution in [3.8, 4) is 0 Å². The fraction of sp³-hybridized carbons (Fsp3) is 0.250. The lowest BCUT2D eigenvalue weighted by atomic mass is 10.0. The Balaban J connectivity index is 2.21. The fourth-order valence-electron chi connectivity index (χ4n) is 2.72. The van der Waals surface area contributed by atoms with Crippen LogP contribution < -0.4 is 5.73 Å². The molecule has 0 saturated carbocycles. The second-order valence-corrected chi connectivity index (χ2v) is 7.75. The number of hydrogen-bond donors (Lipinski definition) is 1. The van der Waals surface area contributed by atoms with E-state index in [1.807, 2.05) is 36.4 Å². The third-order valence-corrected chi connectivity index (χ3v) is 6.39. The molecule has 1 aromatic heterocycles. The predicted octanol–water partition coefficient (Wildman–Crippen LogP) is 2.55. The van der Waals surface area contributed by atoms with Gasteiger partial charge in [-0.15, -0.1) is 0 Å². The zero-order valence-electron chi connectivity index (χ0n) is 11.9. The van der Waals surface area contributed by atoms with Gasteiger partial charge in [0.15, 0.2) is 0 Å². The minimum Gasteiger partial charge on any atom is -0.326 e. The van der Waals surface area contributed by atoms with Crippen LogP contribution >= 0.6 is 0 Å². The summed E-state index contributed by atoms with van der Waals surface area (Å²) in [6, 6.07) is 7.40. The van der Waals surface area contributed by atoms with Crippen molar-refractivity contribution in [2.75, 3.05) is 0 Å². The van der Waals surface area contributed by atoms with Crippen molar-refractivity contribution in [1.29, 1.82) is 0 Å². The molecule has 1 aliphatic carbocycles. The molecule has 0 amide bonds. The van der Waals surface area contributed by atoms with Gasteiger partial charge in [-0.25, -0.2) is 12.4 Å². The molecule has 2 N–H and O–H groups in total. The van der Waals surface area contributed by atoms with Gasteiger partial charge in [0, 0.05) is 18.1 Å². The number of nitrogens with two attached hydrogens (primary N) is 1. The predicted molar refractivity (Wildman–Crippen MR) is 85.4 cm³/mol. The number of nitrogens with zero attached hydrogens (tertiary/aromatic N) is 1. The summed E-state index contributed by atoms with van der Waals surface area (Å²) < 4.78 is 26.5. The Morgan fingerprint density at radius 1 is 1.29 bits per heavy atom. The molecule has 0 fully saturated rings. The third-order valence-electron chi connectivity index (χ3n) is 4.07. The van der Waals surface area contributed by atoms with Crippen molar-refractivity contribution >= 4 is 20.9 Å². The molecule has 4 nitrogen and oxygen atoms in total. The Hall–Kier alpha value is -1.85. The first-order valence-electron chi connectivity index (χ1n) is 6.88. The molecule has 5 heteroatoms. The fourth-order valence-corrected chi connectivity index (χ4v) is 4.36. The van der Waals surface area contributed by atoms with Crippen LogP contribution in [0, 0.1) is 0 Å². The summed E-state index contributed by atoms with van der Waals surface area (Å²) in [6.07, 6.45) is 9.39. The van der Waals surface area contributed by atoms with Gasteiger partial charge in [-0.05, 0) is 31.0 Å². The van der Waals surface area contributed by atoms with E-state index in [2.05, 4.69) is 0 Å². The average Bonchev–Trinajstić information content (AvgIpc) is 2.92. The van der Waals surface area contributed by atoms with Crippen LogP contribution in [-0.2, 0) is 16.6 Å². The van der Waals surface area contributed by atoms with Crippen LogP contribution in [0.1, 0.15) is 18.9 Å². The maximum atomic E-state index is 13.0. The molecule has 0 saturated heterocycles. The molecule has 0 spiro atoms. The maximum absolute atomic E-state index is 13.0. The van der Waals surface area contributed by atoms with Crippen LogP contribution in [0.15, 0.2) is 54.8 Å². The summed E-state index contributed by atoms with van der Waals surface area (Å²) in [4.78, 5) is 0. The normalized spacial score (nSPS) is 22.0. The van der Waals surface area contributed by atoms with E-state index in [4.69, 9.17) is 5.73 Å². The van der Waals surface area contributed by atoms with Gasteiger partial charge in [-0.1, -0.05) is 36.4 Å². The Bertz CT molecular complexity index is 846. The number of allylic oxidation sites excluding steroid dienone is 3. The van der Waals surface area contributed by atoms with E-state index in [1.54, 1.807) is 25.3 Å². The Labute approximate surface area is 124 Å². The zero-order valence-corrected chi connectivity index (χ0v) is 12.7. The van der Waals surface area contributed by atoms with Crippen LogP contribution in [0.4, 0.5) is 0 Å². The standard InChI is InChI=1S/C16H18N2O2S/c1-16(9-3-2-4-10-16)21(19,20)18-11-8-14-13(12-17)6-5-7-15(14)18/h2-9,11H,10,12,17H2,1H3. The lowest BCUT2D eigenvalue weighted by molar-refractivity contribution is 0.555. The minimum atomic E-state index is -3.53. The highest BCUT2D eigenvalue weighted by Gasteiger charge is 2.38. The van der Waals surface area contributed by atoms with E-state index < -0.39 is 14.8 Å². The highest BCUT2D eigenvalue weighted by atomic mass is 32.2. The van der Waals surface area contributed by atoms with Crippen LogP contribution in [-0.4, -0.2) is 17.1 Å². The summed E-state index contributed by atoms with van der Waals surface area (Å²) in [6.45, 7) is 2.14. The minimum absolute atomic E-state index is 0.390. The van der Waals surface area contributed by atoms with Gasteiger partial charge in [0.1, 0.15) is 4.75 Å². The second kappa shape index (κ2) is 4.86. The van der Waals surface area contributed by atoms with Gasteiger partial charge in [0.05, 0.1) is 5.52 Å². The van der Waals surface area contributed by atoms with E-state index in [1.165, 1.54) is 3.97 Å². The molecule has 21 heavy (non-hydrogen) atoms. The number of fused-ring (bicyclic) bond motifs is 1. The van der Waals surface area contributed by atoms with Gasteiger partial charge in [-0.2, -0.15) is 0 Å². The van der Waals surface area contributed by atoms with Gasteiger partial charge >= 0.3 is 0 Å². The zero-order chi connectivity index (χ0) is 15.1. The first-order valence-corrected chi connectivity index (χ1v) is 8.32. The second-order valence-electron chi connectivity index (χ2n) is 5.47. The SMILES string of the molecule is CC1(S(=O)(=O)n2ccc3c(CN)cccc32)C=CC=CC1. The van der Waals surface area contributed by atoms with E-state index >= 15 is 0 Å². The van der Waals surface area contributed by atoms with Crippen molar-refractivity contribution in [2.45, 2.75) is 24.6 Å². The van der Waals surface area contributed by atoms with Crippen LogP contribution in [0.2, 0.25) is 0 Å². The topological polar surface area (TPSA) is 65.1 Å². The molecule has 1 atom stereocenters. The number of rotatable bonds is 3. The monoisotopic (exact) mass is 302 g/mol. The lowest BCUT2D eigenvalue weighted by Gasteiger charge is -2.27. The highest BCUT2D eigenvalue weighted by Crippen LogP contribution is 2.32. The van der Waals surface area contributed by atoms with Crippen molar-refractivity contribution in [2.24, 2.45) is 5.73 Å². The molecule has 0 aliphatic heterocycles. The molecule has 1 unspecified atom stereocenters. The first kappa shape index (κ1) is 14.1. The van der Waals surface area contributed by atoms with Crippen molar-refractivity contribution < 1.29 is 8.42 Å². The third kappa shape index (κ3) is 2.04. The van der Waals surface area contributed by atoms with Crippen LogP contribution in [0.3, 0.4) is 0 Å². The highest BCUT2D eigenvalue weighted by molar-refractivity contribution is 7.91. The Kier molecular flexibility index (Phi) is 3.26. The van der Waals surface area contributed by atoms with Gasteiger partial charge in [-0.3, -0.25) is 0 Å². The van der Waals surface area contributed by atoms with Gasteiger partial charge in [0.25, 0.3) is 0 Å². The number of aromatic nitrogens is 1. The number of hydrogen-bond acceptors (Lipinski definition) is 3. The largest absolute Gasteiger partial charge is 0.326 e. The molecule has 3 rings (SSSR count). The van der Waals surface area contributed by atoms with Crippen molar-refractivity contribution in [1.82, 2.24) is 3.97 Å². The quantitative estimate of drug-likeness (QED) is 0.947. The van der Waals surface area contributed by atoms with E-state index in [9.17, 15) is 8.42 Å². The smallest absolute Gasteiger partial charge is 0.248 e. The Morgan fingerprint density at radius 3 is 2.76 bits per heavy atom. The summed E-state index contributed by atoms with van der Waals surface area (Å²) in [7, 11) is -3.53. The molecule has 2 aromatic rings. The average molecular weight is 302 g/mol. The summed E-state index contributed by atoms with van der Waals surface area (Å²) in [5, 5.41) is 0.891. The van der Waals surface area contributed by atoms with E-state index in [-0.39, 0.29) is 0 Å². The molecule has 1 aliphatic rings. The van der Waals surface area contributed by atoms with E-state index in [0.717, 1.165) is 10.9 Å². The molecular weight excluding hydrogens is 284 g/mol. The van der Waals surface area contributed by atoms with Crippen molar-refractivity contribution in [3.63, 3.8) is 0 Å². The summed E-state index contributed by atoms with van der Waals surface area (Å²) in [5.74, 6) is 0. The molecule has 0 bridgehead atoms. The Morgan fingerprint density at radius 2 is 2.10 bits per heavy atom. The van der Waals surface area contributed by atoms with Crippen LogP contribution in [0.25, 0.3) is 10.9 Å². The lowest BCUT2D eigenvalue weighted by Crippen LogP contribution is -2.37. The maximum Gasteiger partial charge on any atom is 0.248 e. The van der Waals surface area contributed by atoms with E-state index in [0.29, 0.717) is 18.5 Å². The summed E-state index contributed by atoms with van der Waals surface area (Å²) in [5.41, 5.74) is 7.36. The molecular formula is C16H18N2O2S. The van der Waals surface area contributed by atoms with Crippen molar-refractivity contribution in [3.05, 3.63) is 60.3 Å². The number of benzene rings is 1. The van der Waals surface area contributed by atoms with Gasteiger partial charge in [0.2, 0.25) is 10.0 Å². The molecule has 110 valence electrons.